The summed E-state index contributed by atoms with van der Waals surface area (Å²) in [5, 5.41) is 27.3. The summed E-state index contributed by atoms with van der Waals surface area (Å²) in [6.45, 7) is 1.47. The van der Waals surface area contributed by atoms with Gasteiger partial charge in [0.2, 0.25) is 0 Å². The van der Waals surface area contributed by atoms with Crippen LogP contribution in [0.15, 0.2) is 56.1 Å². The Labute approximate surface area is 179 Å². The van der Waals surface area contributed by atoms with E-state index in [0.29, 0.717) is 14.5 Å². The summed E-state index contributed by atoms with van der Waals surface area (Å²) >= 11 is 4.53. The number of halogens is 1. The van der Waals surface area contributed by atoms with Gasteiger partial charge in [0, 0.05) is 16.4 Å². The quantitative estimate of drug-likeness (QED) is 0.471. The zero-order valence-electron chi connectivity index (χ0n) is 15.1. The number of hydrogen-bond acceptors (Lipinski definition) is 7. The molecule has 0 aliphatic rings. The number of aromatic hydroxyl groups is 1. The second-order valence-electron chi connectivity index (χ2n) is 6.01. The maximum atomic E-state index is 13.0. The zero-order valence-corrected chi connectivity index (χ0v) is 18.3. The Morgan fingerprint density at radius 1 is 1.28 bits per heavy atom. The number of aromatic nitrogens is 3. The fraction of sp³-hybridized carbons (Fsp3) is 0.118. The van der Waals surface area contributed by atoms with Crippen molar-refractivity contribution in [2.45, 2.75) is 21.9 Å². The molecule has 1 aromatic heterocycles. The minimum Gasteiger partial charge on any atom is -0.507 e. The molecule has 0 unspecified atom stereocenters. The SMILES string of the molecule is Cc1cc(O)c(C(=O)O)cc1S(=O)(=O)Nc1cc(Br)ccc1Sc1nncn1C. The molecular formula is C17H15BrN4O5S2. The third-order valence-electron chi connectivity index (χ3n) is 3.87. The lowest BCUT2D eigenvalue weighted by Crippen LogP contribution is -2.16. The van der Waals surface area contributed by atoms with Crippen LogP contribution in [0.4, 0.5) is 5.69 Å². The van der Waals surface area contributed by atoms with Crippen LogP contribution in [-0.2, 0) is 17.1 Å². The van der Waals surface area contributed by atoms with Crippen molar-refractivity contribution in [3.63, 3.8) is 0 Å². The van der Waals surface area contributed by atoms with E-state index in [4.69, 9.17) is 0 Å². The molecule has 3 rings (SSSR count). The maximum Gasteiger partial charge on any atom is 0.339 e. The first-order valence-corrected chi connectivity index (χ1v) is 11.1. The van der Waals surface area contributed by atoms with Gasteiger partial charge in [-0.15, -0.1) is 10.2 Å². The van der Waals surface area contributed by atoms with Crippen molar-refractivity contribution in [3.8, 4) is 5.75 Å². The van der Waals surface area contributed by atoms with Crippen molar-refractivity contribution < 1.29 is 23.4 Å². The molecule has 0 aliphatic carbocycles. The molecule has 12 heteroatoms. The van der Waals surface area contributed by atoms with E-state index in [9.17, 15) is 23.4 Å². The van der Waals surface area contributed by atoms with Gasteiger partial charge < -0.3 is 14.8 Å². The van der Waals surface area contributed by atoms with E-state index in [1.54, 1.807) is 29.8 Å². The third kappa shape index (κ3) is 4.54. The van der Waals surface area contributed by atoms with E-state index in [2.05, 4.69) is 30.8 Å². The first kappa shape index (κ1) is 21.1. The molecule has 0 spiro atoms. The van der Waals surface area contributed by atoms with E-state index >= 15 is 0 Å². The van der Waals surface area contributed by atoms with Gasteiger partial charge in [0.25, 0.3) is 10.0 Å². The van der Waals surface area contributed by atoms with Gasteiger partial charge in [-0.1, -0.05) is 15.9 Å². The van der Waals surface area contributed by atoms with Crippen molar-refractivity contribution >= 4 is 49.4 Å². The normalized spacial score (nSPS) is 11.4. The molecule has 0 amide bonds. The number of carboxylic acids is 1. The highest BCUT2D eigenvalue weighted by molar-refractivity contribution is 9.10. The van der Waals surface area contributed by atoms with Crippen LogP contribution in [0.5, 0.6) is 5.75 Å². The highest BCUT2D eigenvalue weighted by atomic mass is 79.9. The van der Waals surface area contributed by atoms with Crippen LogP contribution in [-0.4, -0.2) is 39.4 Å². The lowest BCUT2D eigenvalue weighted by atomic mass is 10.1. The fourth-order valence-electron chi connectivity index (χ4n) is 2.47. The number of rotatable bonds is 6. The number of anilines is 1. The fourth-order valence-corrected chi connectivity index (χ4v) is 5.05. The summed E-state index contributed by atoms with van der Waals surface area (Å²) < 4.78 is 30.8. The number of benzene rings is 2. The second-order valence-corrected chi connectivity index (χ2v) is 9.59. The third-order valence-corrected chi connectivity index (χ3v) is 7.00. The number of phenols is 1. The van der Waals surface area contributed by atoms with Crippen molar-refractivity contribution in [2.75, 3.05) is 4.72 Å². The molecule has 1 heterocycles. The molecule has 0 bridgehead atoms. The molecule has 0 saturated heterocycles. The van der Waals surface area contributed by atoms with Crippen LogP contribution in [0, 0.1) is 6.92 Å². The predicted molar refractivity (Wildman–Crippen MR) is 110 cm³/mol. The van der Waals surface area contributed by atoms with Gasteiger partial charge in [-0.25, -0.2) is 13.2 Å². The van der Waals surface area contributed by atoms with Crippen LogP contribution in [0.3, 0.4) is 0 Å². The number of nitrogens with one attached hydrogen (secondary N) is 1. The lowest BCUT2D eigenvalue weighted by molar-refractivity contribution is 0.0693. The van der Waals surface area contributed by atoms with E-state index in [-0.39, 0.29) is 16.1 Å². The molecule has 9 nitrogen and oxygen atoms in total. The topological polar surface area (TPSA) is 134 Å². The predicted octanol–water partition coefficient (Wildman–Crippen LogP) is 3.24. The van der Waals surface area contributed by atoms with Crippen molar-refractivity contribution in [3.05, 3.63) is 52.3 Å². The average Bonchev–Trinajstić information content (AvgIpc) is 3.01. The van der Waals surface area contributed by atoms with Crippen molar-refractivity contribution in [1.82, 2.24) is 14.8 Å². The van der Waals surface area contributed by atoms with Crippen molar-refractivity contribution in [2.24, 2.45) is 7.05 Å². The number of aromatic carboxylic acids is 1. The van der Waals surface area contributed by atoms with E-state index in [0.717, 1.165) is 12.1 Å². The minimum atomic E-state index is -4.15. The Bertz CT molecular complexity index is 1210. The van der Waals surface area contributed by atoms with Gasteiger partial charge in [-0.05, 0) is 54.6 Å². The summed E-state index contributed by atoms with van der Waals surface area (Å²) in [5.74, 6) is -1.94. The lowest BCUT2D eigenvalue weighted by Gasteiger charge is -2.15. The summed E-state index contributed by atoms with van der Waals surface area (Å²) in [5.41, 5.74) is -0.0203. The van der Waals surface area contributed by atoms with Crippen LogP contribution < -0.4 is 4.72 Å². The Morgan fingerprint density at radius 2 is 2.00 bits per heavy atom. The Morgan fingerprint density at radius 3 is 2.62 bits per heavy atom. The molecule has 2 aromatic carbocycles. The number of hydrogen-bond donors (Lipinski definition) is 3. The van der Waals surface area contributed by atoms with Gasteiger partial charge >= 0.3 is 5.97 Å². The van der Waals surface area contributed by atoms with Gasteiger partial charge in [0.1, 0.15) is 17.6 Å². The van der Waals surface area contributed by atoms with Crippen molar-refractivity contribution in [1.29, 1.82) is 0 Å². The number of aryl methyl sites for hydroxylation is 2. The Hall–Kier alpha value is -2.57. The van der Waals surface area contributed by atoms with Crippen LogP contribution in [0.2, 0.25) is 0 Å². The van der Waals surface area contributed by atoms with Crippen LogP contribution >= 0.6 is 27.7 Å². The zero-order chi connectivity index (χ0) is 21.3. The van der Waals surface area contributed by atoms with Gasteiger partial charge in [-0.3, -0.25) is 4.72 Å². The smallest absolute Gasteiger partial charge is 0.339 e. The summed E-state index contributed by atoms with van der Waals surface area (Å²) in [4.78, 5) is 11.6. The summed E-state index contributed by atoms with van der Waals surface area (Å²) in [6.07, 6.45) is 1.53. The molecule has 152 valence electrons. The molecule has 0 atom stereocenters. The van der Waals surface area contributed by atoms with Gasteiger partial charge in [0.05, 0.1) is 10.6 Å². The Balaban J connectivity index is 2.03. The molecule has 0 saturated carbocycles. The highest BCUT2D eigenvalue weighted by Crippen LogP contribution is 2.36. The molecule has 3 aromatic rings. The second kappa shape index (κ2) is 8.05. The molecule has 0 radical (unpaired) electrons. The minimum absolute atomic E-state index is 0.206. The average molecular weight is 499 g/mol. The van der Waals surface area contributed by atoms with Crippen LogP contribution in [0.1, 0.15) is 15.9 Å². The highest BCUT2D eigenvalue weighted by Gasteiger charge is 2.23. The number of carbonyl (C=O) groups is 1. The first-order valence-electron chi connectivity index (χ1n) is 7.99. The van der Waals surface area contributed by atoms with Gasteiger partial charge in [0.15, 0.2) is 5.16 Å². The van der Waals surface area contributed by atoms with E-state index < -0.39 is 27.3 Å². The molecular weight excluding hydrogens is 484 g/mol. The van der Waals surface area contributed by atoms with E-state index in [1.165, 1.54) is 25.0 Å². The molecule has 0 aliphatic heterocycles. The van der Waals surface area contributed by atoms with Crippen LogP contribution in [0.25, 0.3) is 0 Å². The summed E-state index contributed by atoms with van der Waals surface area (Å²) in [6, 6.07) is 7.10. The summed E-state index contributed by atoms with van der Waals surface area (Å²) in [7, 11) is -2.38. The standard InChI is InChI=1S/C17H15BrN4O5S2/c1-9-5-13(23)11(16(24)25)7-15(9)29(26,27)21-12-6-10(18)3-4-14(12)28-17-20-19-8-22(17)2/h3-8,21,23H,1-2H3,(H,24,25). The maximum absolute atomic E-state index is 13.0. The van der Waals surface area contributed by atoms with E-state index in [1.807, 2.05) is 0 Å². The first-order chi connectivity index (χ1) is 13.6. The molecule has 3 N–H and O–H groups in total. The van der Waals surface area contributed by atoms with Gasteiger partial charge in [-0.2, -0.15) is 0 Å². The molecule has 29 heavy (non-hydrogen) atoms. The number of nitrogens with zero attached hydrogens (tertiary/aromatic N) is 3. The number of carboxylic acid groups (broad SMARTS) is 1. The molecule has 0 fully saturated rings. The largest absolute Gasteiger partial charge is 0.507 e. The monoisotopic (exact) mass is 498 g/mol. The number of sulfonamides is 1. The Kier molecular flexibility index (Phi) is 5.87.